The maximum absolute atomic E-state index is 2.33. The molecule has 0 aliphatic heterocycles. The van der Waals surface area contributed by atoms with Crippen LogP contribution < -0.4 is 0 Å². The minimum Gasteiger partial charge on any atom is -0.0888 e. The minimum absolute atomic E-state index is 0.464. The van der Waals surface area contributed by atoms with Gasteiger partial charge in [-0.05, 0) is 24.2 Å². The molecular formula is C11H22. The highest BCUT2D eigenvalue weighted by molar-refractivity contribution is 4.87. The van der Waals surface area contributed by atoms with Gasteiger partial charge in [0.2, 0.25) is 0 Å². The molecule has 0 heteroatoms. The molecule has 0 heterocycles. The average Bonchev–Trinajstić information content (AvgIpc) is 1.88. The SMILES string of the molecule is CCC=CCC(C)(C)C(C)C. The molecule has 0 bridgehead atoms. The molecule has 0 rings (SSSR count). The lowest BCUT2D eigenvalue weighted by molar-refractivity contribution is 0.253. The van der Waals surface area contributed by atoms with Crippen LogP contribution in [0.4, 0.5) is 0 Å². The zero-order chi connectivity index (χ0) is 8.91. The first kappa shape index (κ1) is 10.7. The Morgan fingerprint density at radius 2 is 1.73 bits per heavy atom. The Hall–Kier alpha value is -0.260. The molecule has 0 aromatic carbocycles. The normalized spacial score (nSPS) is 13.3. The van der Waals surface area contributed by atoms with E-state index in [1.165, 1.54) is 6.42 Å². The van der Waals surface area contributed by atoms with E-state index in [-0.39, 0.29) is 0 Å². The van der Waals surface area contributed by atoms with E-state index in [9.17, 15) is 0 Å². The molecule has 66 valence electrons. The van der Waals surface area contributed by atoms with Crippen molar-refractivity contribution < 1.29 is 0 Å². The molecule has 0 saturated heterocycles. The summed E-state index contributed by atoms with van der Waals surface area (Å²) in [5, 5.41) is 0. The molecule has 0 saturated carbocycles. The summed E-state index contributed by atoms with van der Waals surface area (Å²) >= 11 is 0. The average molecular weight is 154 g/mol. The van der Waals surface area contributed by atoms with Crippen LogP contribution in [0, 0.1) is 11.3 Å². The highest BCUT2D eigenvalue weighted by Crippen LogP contribution is 2.30. The van der Waals surface area contributed by atoms with Crippen LogP contribution in [0.15, 0.2) is 12.2 Å². The molecule has 0 fully saturated rings. The summed E-state index contributed by atoms with van der Waals surface area (Å²) in [5.74, 6) is 0.768. The van der Waals surface area contributed by atoms with E-state index in [0.717, 1.165) is 12.3 Å². The highest BCUT2D eigenvalue weighted by Gasteiger charge is 2.19. The first-order valence-electron chi connectivity index (χ1n) is 4.65. The van der Waals surface area contributed by atoms with Crippen LogP contribution in [0.1, 0.15) is 47.5 Å². The Balaban J connectivity index is 3.82. The highest BCUT2D eigenvalue weighted by atomic mass is 14.2. The molecule has 0 aliphatic carbocycles. The number of rotatable bonds is 4. The second kappa shape index (κ2) is 4.58. The summed E-state index contributed by atoms with van der Waals surface area (Å²) in [4.78, 5) is 0. The zero-order valence-corrected chi connectivity index (χ0v) is 8.65. The molecular weight excluding hydrogens is 132 g/mol. The van der Waals surface area contributed by atoms with Crippen molar-refractivity contribution in [3.8, 4) is 0 Å². The van der Waals surface area contributed by atoms with E-state index in [4.69, 9.17) is 0 Å². The summed E-state index contributed by atoms with van der Waals surface area (Å²) in [6.07, 6.45) is 6.93. The van der Waals surface area contributed by atoms with Crippen molar-refractivity contribution in [2.45, 2.75) is 47.5 Å². The molecule has 0 aromatic heterocycles. The predicted octanol–water partition coefficient (Wildman–Crippen LogP) is 4.02. The largest absolute Gasteiger partial charge is 0.0888 e. The van der Waals surface area contributed by atoms with Gasteiger partial charge in [0.1, 0.15) is 0 Å². The van der Waals surface area contributed by atoms with Crippen LogP contribution in [0.3, 0.4) is 0 Å². The van der Waals surface area contributed by atoms with Crippen molar-refractivity contribution >= 4 is 0 Å². The van der Waals surface area contributed by atoms with Gasteiger partial charge < -0.3 is 0 Å². The van der Waals surface area contributed by atoms with Gasteiger partial charge in [-0.15, -0.1) is 0 Å². The van der Waals surface area contributed by atoms with Crippen LogP contribution in [0.2, 0.25) is 0 Å². The minimum atomic E-state index is 0.464. The van der Waals surface area contributed by atoms with Crippen LogP contribution >= 0.6 is 0 Å². The fourth-order valence-electron chi connectivity index (χ4n) is 0.789. The van der Waals surface area contributed by atoms with Crippen LogP contribution in [0.25, 0.3) is 0 Å². The van der Waals surface area contributed by atoms with Gasteiger partial charge in [-0.25, -0.2) is 0 Å². The number of allylic oxidation sites excluding steroid dienone is 2. The topological polar surface area (TPSA) is 0 Å². The smallest absolute Gasteiger partial charge is 0.0297 e. The van der Waals surface area contributed by atoms with Crippen molar-refractivity contribution in [1.29, 1.82) is 0 Å². The quantitative estimate of drug-likeness (QED) is 0.536. The maximum Gasteiger partial charge on any atom is -0.0297 e. The van der Waals surface area contributed by atoms with Crippen molar-refractivity contribution in [3.05, 3.63) is 12.2 Å². The zero-order valence-electron chi connectivity index (χ0n) is 8.65. The second-order valence-corrected chi connectivity index (χ2v) is 4.23. The molecule has 0 unspecified atom stereocenters. The summed E-state index contributed by atoms with van der Waals surface area (Å²) < 4.78 is 0. The van der Waals surface area contributed by atoms with Gasteiger partial charge in [-0.1, -0.05) is 46.8 Å². The third-order valence-corrected chi connectivity index (χ3v) is 2.61. The molecule has 0 nitrogen and oxygen atoms in total. The van der Waals surface area contributed by atoms with Gasteiger partial charge >= 0.3 is 0 Å². The first-order valence-corrected chi connectivity index (χ1v) is 4.65. The predicted molar refractivity (Wildman–Crippen MR) is 52.7 cm³/mol. The molecule has 0 radical (unpaired) electrons. The molecule has 0 amide bonds. The van der Waals surface area contributed by atoms with Gasteiger partial charge in [0, 0.05) is 0 Å². The van der Waals surface area contributed by atoms with Crippen LogP contribution in [-0.4, -0.2) is 0 Å². The summed E-state index contributed by atoms with van der Waals surface area (Å²) in [7, 11) is 0. The Morgan fingerprint density at radius 1 is 1.18 bits per heavy atom. The van der Waals surface area contributed by atoms with E-state index in [0.29, 0.717) is 5.41 Å². The second-order valence-electron chi connectivity index (χ2n) is 4.23. The summed E-state index contributed by atoms with van der Waals surface area (Å²) in [5.41, 5.74) is 0.464. The Bertz CT molecular complexity index is 118. The van der Waals surface area contributed by atoms with E-state index in [2.05, 4.69) is 46.8 Å². The molecule has 0 atom stereocenters. The molecule has 0 N–H and O–H groups in total. The molecule has 0 aliphatic rings. The Kier molecular flexibility index (Phi) is 4.48. The fourth-order valence-corrected chi connectivity index (χ4v) is 0.789. The third-order valence-electron chi connectivity index (χ3n) is 2.61. The lowest BCUT2D eigenvalue weighted by atomic mass is 9.78. The number of hydrogen-bond donors (Lipinski definition) is 0. The monoisotopic (exact) mass is 154 g/mol. The Morgan fingerprint density at radius 3 is 2.09 bits per heavy atom. The maximum atomic E-state index is 2.33. The molecule has 0 aromatic rings. The van der Waals surface area contributed by atoms with Crippen molar-refractivity contribution in [2.75, 3.05) is 0 Å². The van der Waals surface area contributed by atoms with Gasteiger partial charge in [-0.2, -0.15) is 0 Å². The van der Waals surface area contributed by atoms with Gasteiger partial charge in [-0.3, -0.25) is 0 Å². The standard InChI is InChI=1S/C11H22/c1-6-7-8-9-11(4,5)10(2)3/h7-8,10H,6,9H2,1-5H3. The van der Waals surface area contributed by atoms with E-state index < -0.39 is 0 Å². The van der Waals surface area contributed by atoms with Crippen LogP contribution in [0.5, 0.6) is 0 Å². The fraction of sp³-hybridized carbons (Fsp3) is 0.818. The van der Waals surface area contributed by atoms with E-state index in [1.54, 1.807) is 0 Å². The lowest BCUT2D eigenvalue weighted by Gasteiger charge is -2.27. The van der Waals surface area contributed by atoms with Crippen LogP contribution in [-0.2, 0) is 0 Å². The van der Waals surface area contributed by atoms with E-state index >= 15 is 0 Å². The van der Waals surface area contributed by atoms with Gasteiger partial charge in [0.05, 0.1) is 0 Å². The van der Waals surface area contributed by atoms with Gasteiger partial charge in [0.25, 0.3) is 0 Å². The molecule has 0 spiro atoms. The van der Waals surface area contributed by atoms with Crippen molar-refractivity contribution in [2.24, 2.45) is 11.3 Å². The first-order chi connectivity index (χ1) is 5.00. The Labute approximate surface area is 71.7 Å². The summed E-state index contributed by atoms with van der Waals surface area (Å²) in [6, 6.07) is 0. The van der Waals surface area contributed by atoms with Gasteiger partial charge in [0.15, 0.2) is 0 Å². The van der Waals surface area contributed by atoms with Crippen molar-refractivity contribution in [1.82, 2.24) is 0 Å². The third kappa shape index (κ3) is 4.23. The number of hydrogen-bond acceptors (Lipinski definition) is 0. The lowest BCUT2D eigenvalue weighted by Crippen LogP contribution is -2.17. The van der Waals surface area contributed by atoms with Crippen molar-refractivity contribution in [3.63, 3.8) is 0 Å². The summed E-state index contributed by atoms with van der Waals surface area (Å²) in [6.45, 7) is 11.4. The molecule has 11 heavy (non-hydrogen) atoms. The van der Waals surface area contributed by atoms with E-state index in [1.807, 2.05) is 0 Å².